The molecule has 0 aromatic carbocycles. The highest BCUT2D eigenvalue weighted by Crippen LogP contribution is 2.41. The Morgan fingerprint density at radius 2 is 2.00 bits per heavy atom. The van der Waals surface area contributed by atoms with Crippen LogP contribution >= 0.6 is 0 Å². The van der Waals surface area contributed by atoms with Gasteiger partial charge < -0.3 is 9.16 Å². The molecule has 1 aliphatic rings. The molecule has 0 spiro atoms. The number of nitrogens with one attached hydrogen (secondary N) is 1. The lowest BCUT2D eigenvalue weighted by atomic mass is 10.1. The van der Waals surface area contributed by atoms with Crippen LogP contribution in [0, 0.1) is 6.92 Å². The summed E-state index contributed by atoms with van der Waals surface area (Å²) in [6.45, 7) is 14.8. The fourth-order valence-corrected chi connectivity index (χ4v) is 4.07. The van der Waals surface area contributed by atoms with E-state index >= 15 is 0 Å². The average Bonchev–Trinajstić information content (AvgIpc) is 2.83. The minimum Gasteiger partial charge on any atom is -0.411 e. The van der Waals surface area contributed by atoms with Crippen LogP contribution in [-0.2, 0) is 9.16 Å². The Bertz CT molecular complexity index is 702. The molecule has 0 radical (unpaired) electrons. The summed E-state index contributed by atoms with van der Waals surface area (Å²) >= 11 is 0. The standard InChI is InChI=1S/C17H30N2O4Si/c1-8-12-13(23-24(6,7)17(3,4)5)9-14(22-12)19-10-11(2)15(20)18-16(19)21/h10,12-14H,8-9H2,1-7H3,(H,18,20,21)/t12-,13?,14-/m1/s1. The predicted molar refractivity (Wildman–Crippen MR) is 96.9 cm³/mol. The van der Waals surface area contributed by atoms with Gasteiger partial charge in [0.05, 0.1) is 12.2 Å². The van der Waals surface area contributed by atoms with Gasteiger partial charge in [0.1, 0.15) is 6.23 Å². The molecular weight excluding hydrogens is 324 g/mol. The predicted octanol–water partition coefficient (Wildman–Crippen LogP) is 2.93. The molecule has 1 aromatic rings. The molecule has 2 heterocycles. The van der Waals surface area contributed by atoms with E-state index in [1.54, 1.807) is 13.1 Å². The van der Waals surface area contributed by atoms with E-state index in [-0.39, 0.29) is 22.8 Å². The normalized spacial score (nSPS) is 25.2. The lowest BCUT2D eigenvalue weighted by molar-refractivity contribution is -0.0198. The molecule has 7 heteroatoms. The van der Waals surface area contributed by atoms with Crippen LogP contribution in [0.2, 0.25) is 18.1 Å². The Morgan fingerprint density at radius 3 is 2.54 bits per heavy atom. The molecular formula is C17H30N2O4Si. The van der Waals surface area contributed by atoms with Gasteiger partial charge in [-0.05, 0) is 31.5 Å². The zero-order chi connectivity index (χ0) is 18.3. The first-order chi connectivity index (χ1) is 11.0. The van der Waals surface area contributed by atoms with Crippen molar-refractivity contribution in [3.63, 3.8) is 0 Å². The van der Waals surface area contributed by atoms with Crippen molar-refractivity contribution in [3.8, 4) is 0 Å². The van der Waals surface area contributed by atoms with Gasteiger partial charge in [-0.2, -0.15) is 0 Å². The van der Waals surface area contributed by atoms with Crippen LogP contribution in [0.25, 0.3) is 0 Å². The van der Waals surface area contributed by atoms with Gasteiger partial charge in [0, 0.05) is 18.2 Å². The first kappa shape index (κ1) is 19.1. The van der Waals surface area contributed by atoms with Gasteiger partial charge in [-0.1, -0.05) is 27.7 Å². The second kappa shape index (κ2) is 6.61. The number of aromatic amines is 1. The number of hydrogen-bond donors (Lipinski definition) is 1. The van der Waals surface area contributed by atoms with E-state index in [4.69, 9.17) is 9.16 Å². The summed E-state index contributed by atoms with van der Waals surface area (Å²) in [5, 5.41) is 0.120. The maximum absolute atomic E-state index is 12.1. The zero-order valence-corrected chi connectivity index (χ0v) is 16.8. The second-order valence-corrected chi connectivity index (χ2v) is 12.9. The van der Waals surface area contributed by atoms with Crippen molar-refractivity contribution in [1.29, 1.82) is 0 Å². The molecule has 0 bridgehead atoms. The molecule has 1 aliphatic heterocycles. The molecule has 0 saturated carbocycles. The van der Waals surface area contributed by atoms with Gasteiger partial charge in [-0.25, -0.2) is 4.79 Å². The van der Waals surface area contributed by atoms with Gasteiger partial charge in [0.2, 0.25) is 0 Å². The molecule has 1 unspecified atom stereocenters. The largest absolute Gasteiger partial charge is 0.411 e. The van der Waals surface area contributed by atoms with E-state index < -0.39 is 20.2 Å². The van der Waals surface area contributed by atoms with Crippen LogP contribution in [0.3, 0.4) is 0 Å². The fraction of sp³-hybridized carbons (Fsp3) is 0.765. The summed E-state index contributed by atoms with van der Waals surface area (Å²) in [7, 11) is -1.92. The van der Waals surface area contributed by atoms with Crippen molar-refractivity contribution in [2.75, 3.05) is 0 Å². The average molecular weight is 355 g/mol. The molecule has 0 amide bonds. The number of aromatic nitrogens is 2. The molecule has 1 fully saturated rings. The molecule has 0 aliphatic carbocycles. The van der Waals surface area contributed by atoms with Crippen LogP contribution in [0.1, 0.15) is 52.3 Å². The van der Waals surface area contributed by atoms with Gasteiger partial charge in [-0.3, -0.25) is 14.3 Å². The summed E-state index contributed by atoms with van der Waals surface area (Å²) in [6, 6.07) is 0. The smallest absolute Gasteiger partial charge is 0.330 e. The maximum Gasteiger partial charge on any atom is 0.330 e. The van der Waals surface area contributed by atoms with Gasteiger partial charge in [-0.15, -0.1) is 0 Å². The van der Waals surface area contributed by atoms with Gasteiger partial charge in [0.25, 0.3) is 5.56 Å². The maximum atomic E-state index is 12.1. The number of H-pyrrole nitrogens is 1. The van der Waals surface area contributed by atoms with E-state index in [1.807, 2.05) is 0 Å². The van der Waals surface area contributed by atoms with E-state index in [9.17, 15) is 9.59 Å². The van der Waals surface area contributed by atoms with Crippen molar-refractivity contribution in [2.45, 2.75) is 84.0 Å². The first-order valence-corrected chi connectivity index (χ1v) is 11.5. The summed E-state index contributed by atoms with van der Waals surface area (Å²) in [5.41, 5.74) is -0.284. The number of aryl methyl sites for hydroxylation is 1. The number of rotatable bonds is 4. The Morgan fingerprint density at radius 1 is 1.38 bits per heavy atom. The molecule has 1 N–H and O–H groups in total. The minimum absolute atomic E-state index is 0.0278. The highest BCUT2D eigenvalue weighted by Gasteiger charge is 2.44. The van der Waals surface area contributed by atoms with Gasteiger partial charge in [0.15, 0.2) is 8.32 Å². The quantitative estimate of drug-likeness (QED) is 0.844. The fourth-order valence-electron chi connectivity index (χ4n) is 2.71. The zero-order valence-electron chi connectivity index (χ0n) is 15.8. The molecule has 1 aromatic heterocycles. The van der Waals surface area contributed by atoms with Crippen molar-refractivity contribution >= 4 is 8.32 Å². The van der Waals surface area contributed by atoms with Gasteiger partial charge >= 0.3 is 5.69 Å². The molecule has 2 rings (SSSR count). The highest BCUT2D eigenvalue weighted by atomic mass is 28.4. The number of hydrogen-bond acceptors (Lipinski definition) is 4. The monoisotopic (exact) mass is 354 g/mol. The third-order valence-corrected chi connectivity index (χ3v) is 9.80. The third-order valence-electron chi connectivity index (χ3n) is 5.29. The summed E-state index contributed by atoms with van der Waals surface area (Å²) < 4.78 is 14.1. The highest BCUT2D eigenvalue weighted by molar-refractivity contribution is 6.74. The Labute approximate surface area is 144 Å². The number of ether oxygens (including phenoxy) is 1. The lowest BCUT2D eigenvalue weighted by Crippen LogP contribution is -2.45. The van der Waals surface area contributed by atoms with E-state index in [1.165, 1.54) is 4.57 Å². The van der Waals surface area contributed by atoms with Crippen LogP contribution in [0.5, 0.6) is 0 Å². The molecule has 136 valence electrons. The van der Waals surface area contributed by atoms with Crippen LogP contribution in [0.4, 0.5) is 0 Å². The summed E-state index contributed by atoms with van der Waals surface area (Å²) in [6.07, 6.45) is 2.56. The molecule has 1 saturated heterocycles. The van der Waals surface area contributed by atoms with Crippen LogP contribution in [0.15, 0.2) is 15.8 Å². The first-order valence-electron chi connectivity index (χ1n) is 8.61. The van der Waals surface area contributed by atoms with E-state index in [2.05, 4.69) is 45.8 Å². The van der Waals surface area contributed by atoms with Crippen molar-refractivity contribution < 1.29 is 9.16 Å². The molecule has 24 heavy (non-hydrogen) atoms. The Balaban J connectivity index is 2.25. The Hall–Kier alpha value is -1.18. The SMILES string of the molecule is CC[C@H]1O[C@@H](n2cc(C)c(=O)[nH]c2=O)CC1O[Si](C)(C)C(C)(C)C. The van der Waals surface area contributed by atoms with E-state index in [0.29, 0.717) is 12.0 Å². The minimum atomic E-state index is -1.92. The molecule has 3 atom stereocenters. The van der Waals surface area contributed by atoms with Crippen LogP contribution < -0.4 is 11.2 Å². The van der Waals surface area contributed by atoms with E-state index in [0.717, 1.165) is 6.42 Å². The van der Waals surface area contributed by atoms with Crippen molar-refractivity contribution in [2.24, 2.45) is 0 Å². The summed E-state index contributed by atoms with van der Waals surface area (Å²) in [5.74, 6) is 0. The summed E-state index contributed by atoms with van der Waals surface area (Å²) in [4.78, 5) is 26.0. The molecule has 6 nitrogen and oxygen atoms in total. The van der Waals surface area contributed by atoms with Crippen molar-refractivity contribution in [3.05, 3.63) is 32.6 Å². The van der Waals surface area contributed by atoms with Crippen LogP contribution in [-0.4, -0.2) is 30.1 Å². The lowest BCUT2D eigenvalue weighted by Gasteiger charge is -2.39. The topological polar surface area (TPSA) is 73.3 Å². The number of nitrogens with zero attached hydrogens (tertiary/aromatic N) is 1. The second-order valence-electron chi connectivity index (χ2n) is 8.17. The third kappa shape index (κ3) is 3.73. The van der Waals surface area contributed by atoms with Crippen molar-refractivity contribution in [1.82, 2.24) is 9.55 Å². The Kier molecular flexibility index (Phi) is 5.27.